The number of halogens is 1. The number of nitrogens with zero attached hydrogens (tertiary/aromatic N) is 1. The van der Waals surface area contributed by atoms with Crippen LogP contribution in [0.5, 0.6) is 0 Å². The summed E-state index contributed by atoms with van der Waals surface area (Å²) in [7, 11) is 0. The molecule has 2 heteroatoms. The van der Waals surface area contributed by atoms with Crippen molar-refractivity contribution in [2.75, 3.05) is 18.0 Å². The molecule has 2 rings (SSSR count). The lowest BCUT2D eigenvalue weighted by Gasteiger charge is -2.24. The quantitative estimate of drug-likeness (QED) is 0.734. The van der Waals surface area contributed by atoms with Crippen LogP contribution in [0.2, 0.25) is 0 Å². The van der Waals surface area contributed by atoms with E-state index in [-0.39, 0.29) is 0 Å². The first kappa shape index (κ1) is 12.0. The molecule has 0 aliphatic heterocycles. The first-order valence-electron chi connectivity index (χ1n) is 6.15. The summed E-state index contributed by atoms with van der Waals surface area (Å²) in [5, 5.41) is 0.952. The van der Waals surface area contributed by atoms with Gasteiger partial charge in [0, 0.05) is 24.1 Å². The van der Waals surface area contributed by atoms with Crippen LogP contribution in [-0.4, -0.2) is 13.1 Å². The minimum atomic E-state index is 0.952. The number of aryl methyl sites for hydroxylation is 1. The van der Waals surface area contributed by atoms with E-state index in [0.29, 0.717) is 0 Å². The van der Waals surface area contributed by atoms with E-state index in [0.717, 1.165) is 17.8 Å². The lowest BCUT2D eigenvalue weighted by atomic mass is 10.1. The molecule has 0 saturated heterocycles. The summed E-state index contributed by atoms with van der Waals surface area (Å²) in [6.45, 7) is 6.80. The summed E-state index contributed by atoms with van der Waals surface area (Å²) in [5.41, 5.74) is 4.17. The van der Waals surface area contributed by atoms with Gasteiger partial charge in [0.05, 0.1) is 0 Å². The average molecular weight is 282 g/mol. The Balaban J connectivity index is 2.13. The zero-order chi connectivity index (χ0) is 11.5. The van der Waals surface area contributed by atoms with Crippen LogP contribution in [-0.2, 0) is 5.33 Å². The van der Waals surface area contributed by atoms with Crippen molar-refractivity contribution in [3.63, 3.8) is 0 Å². The fraction of sp³-hybridized carbons (Fsp3) is 0.571. The van der Waals surface area contributed by atoms with Crippen molar-refractivity contribution in [1.82, 2.24) is 0 Å². The third-order valence-electron chi connectivity index (χ3n) is 3.39. The molecule has 88 valence electrons. The minimum absolute atomic E-state index is 0.952. The topological polar surface area (TPSA) is 3.24 Å². The van der Waals surface area contributed by atoms with E-state index >= 15 is 0 Å². The first-order valence-corrected chi connectivity index (χ1v) is 7.27. The Labute approximate surface area is 107 Å². The van der Waals surface area contributed by atoms with Gasteiger partial charge in [0.1, 0.15) is 0 Å². The average Bonchev–Trinajstić information content (AvgIpc) is 3.09. The first-order chi connectivity index (χ1) is 7.74. The van der Waals surface area contributed by atoms with E-state index in [9.17, 15) is 0 Å². The van der Waals surface area contributed by atoms with Crippen molar-refractivity contribution in [2.24, 2.45) is 5.92 Å². The second kappa shape index (κ2) is 5.22. The maximum Gasteiger partial charge on any atom is 0.0369 e. The Hall–Kier alpha value is -0.500. The maximum absolute atomic E-state index is 3.52. The molecule has 1 aliphatic rings. The largest absolute Gasteiger partial charge is 0.372 e. The standard InChI is InChI=1S/C14H20BrN/c1-3-16(10-12-4-5-12)14-7-6-13(9-15)11(2)8-14/h6-8,12H,3-5,9-10H2,1-2H3. The van der Waals surface area contributed by atoms with Gasteiger partial charge in [-0.25, -0.2) is 0 Å². The molecule has 0 N–H and O–H groups in total. The molecule has 1 fully saturated rings. The van der Waals surface area contributed by atoms with Gasteiger partial charge < -0.3 is 4.90 Å². The van der Waals surface area contributed by atoms with Crippen LogP contribution in [0.15, 0.2) is 18.2 Å². The molecule has 16 heavy (non-hydrogen) atoms. The van der Waals surface area contributed by atoms with Crippen molar-refractivity contribution in [1.29, 1.82) is 0 Å². The normalized spacial score (nSPS) is 15.2. The Morgan fingerprint density at radius 2 is 2.12 bits per heavy atom. The van der Waals surface area contributed by atoms with E-state index in [4.69, 9.17) is 0 Å². The highest BCUT2D eigenvalue weighted by atomic mass is 79.9. The van der Waals surface area contributed by atoms with E-state index < -0.39 is 0 Å². The molecule has 0 unspecified atom stereocenters. The number of hydrogen-bond acceptors (Lipinski definition) is 1. The number of rotatable bonds is 5. The second-order valence-electron chi connectivity index (χ2n) is 4.73. The molecular formula is C14H20BrN. The van der Waals surface area contributed by atoms with Crippen molar-refractivity contribution >= 4 is 21.6 Å². The molecule has 0 bridgehead atoms. The molecule has 0 atom stereocenters. The summed E-state index contributed by atoms with van der Waals surface area (Å²) in [6, 6.07) is 6.83. The SMILES string of the molecule is CCN(CC1CC1)c1ccc(CBr)c(C)c1. The molecule has 0 radical (unpaired) electrons. The fourth-order valence-corrected chi connectivity index (χ4v) is 2.69. The summed E-state index contributed by atoms with van der Waals surface area (Å²) in [4.78, 5) is 2.50. The Bertz CT molecular complexity index is 358. The second-order valence-corrected chi connectivity index (χ2v) is 5.29. The van der Waals surface area contributed by atoms with Gasteiger partial charge in [-0.3, -0.25) is 0 Å². The Morgan fingerprint density at radius 1 is 1.38 bits per heavy atom. The monoisotopic (exact) mass is 281 g/mol. The zero-order valence-electron chi connectivity index (χ0n) is 10.2. The van der Waals surface area contributed by atoms with Gasteiger partial charge in [0.15, 0.2) is 0 Å². The van der Waals surface area contributed by atoms with Crippen molar-refractivity contribution in [3.05, 3.63) is 29.3 Å². The molecular weight excluding hydrogens is 262 g/mol. The molecule has 1 aromatic rings. The lowest BCUT2D eigenvalue weighted by Crippen LogP contribution is -2.25. The highest BCUT2D eigenvalue weighted by molar-refractivity contribution is 9.08. The van der Waals surface area contributed by atoms with Gasteiger partial charge in [0.2, 0.25) is 0 Å². The van der Waals surface area contributed by atoms with Crippen molar-refractivity contribution < 1.29 is 0 Å². The summed E-state index contributed by atoms with van der Waals surface area (Å²) >= 11 is 3.52. The van der Waals surface area contributed by atoms with Gasteiger partial charge in [-0.2, -0.15) is 0 Å². The molecule has 1 aromatic carbocycles. The maximum atomic E-state index is 3.52. The van der Waals surface area contributed by atoms with Crippen molar-refractivity contribution in [2.45, 2.75) is 32.0 Å². The third-order valence-corrected chi connectivity index (χ3v) is 4.00. The smallest absolute Gasteiger partial charge is 0.0369 e. The van der Waals surface area contributed by atoms with E-state index in [1.165, 1.54) is 36.2 Å². The molecule has 0 aromatic heterocycles. The zero-order valence-corrected chi connectivity index (χ0v) is 11.8. The highest BCUT2D eigenvalue weighted by Gasteiger charge is 2.23. The Morgan fingerprint density at radius 3 is 2.62 bits per heavy atom. The lowest BCUT2D eigenvalue weighted by molar-refractivity contribution is 0.741. The minimum Gasteiger partial charge on any atom is -0.372 e. The number of alkyl halides is 1. The van der Waals surface area contributed by atoms with Crippen LogP contribution in [0.4, 0.5) is 5.69 Å². The van der Waals surface area contributed by atoms with Crippen LogP contribution >= 0.6 is 15.9 Å². The van der Waals surface area contributed by atoms with Gasteiger partial charge in [-0.15, -0.1) is 0 Å². The van der Waals surface area contributed by atoms with Crippen LogP contribution in [0.1, 0.15) is 30.9 Å². The molecule has 0 amide bonds. The van der Waals surface area contributed by atoms with Gasteiger partial charge in [-0.05, 0) is 55.9 Å². The van der Waals surface area contributed by atoms with Crippen molar-refractivity contribution in [3.8, 4) is 0 Å². The highest BCUT2D eigenvalue weighted by Crippen LogP contribution is 2.31. The molecule has 1 nitrogen and oxygen atoms in total. The predicted octanol–water partition coefficient (Wildman–Crippen LogP) is 4.13. The van der Waals surface area contributed by atoms with Crippen LogP contribution in [0, 0.1) is 12.8 Å². The van der Waals surface area contributed by atoms with Crippen LogP contribution < -0.4 is 4.90 Å². The Kier molecular flexibility index (Phi) is 3.91. The number of benzene rings is 1. The van der Waals surface area contributed by atoms with Gasteiger partial charge in [0.25, 0.3) is 0 Å². The van der Waals surface area contributed by atoms with E-state index in [2.05, 4.69) is 52.9 Å². The third kappa shape index (κ3) is 2.79. The molecule has 1 saturated carbocycles. The molecule has 1 aliphatic carbocycles. The predicted molar refractivity (Wildman–Crippen MR) is 74.4 cm³/mol. The van der Waals surface area contributed by atoms with E-state index in [1.807, 2.05) is 0 Å². The van der Waals surface area contributed by atoms with Crippen LogP contribution in [0.3, 0.4) is 0 Å². The van der Waals surface area contributed by atoms with Crippen LogP contribution in [0.25, 0.3) is 0 Å². The fourth-order valence-electron chi connectivity index (χ4n) is 2.06. The van der Waals surface area contributed by atoms with Gasteiger partial charge in [-0.1, -0.05) is 22.0 Å². The summed E-state index contributed by atoms with van der Waals surface area (Å²) in [6.07, 6.45) is 2.85. The summed E-state index contributed by atoms with van der Waals surface area (Å²) in [5.74, 6) is 0.955. The molecule has 0 spiro atoms. The van der Waals surface area contributed by atoms with E-state index in [1.54, 1.807) is 0 Å². The summed E-state index contributed by atoms with van der Waals surface area (Å²) < 4.78 is 0. The number of anilines is 1. The van der Waals surface area contributed by atoms with Gasteiger partial charge >= 0.3 is 0 Å². The molecule has 0 heterocycles. The number of hydrogen-bond donors (Lipinski definition) is 0.